The fourth-order valence-electron chi connectivity index (χ4n) is 2.17. The van der Waals surface area contributed by atoms with Gasteiger partial charge in [0.25, 0.3) is 5.91 Å². The van der Waals surface area contributed by atoms with E-state index in [0.29, 0.717) is 17.0 Å². The molecule has 1 amide bonds. The summed E-state index contributed by atoms with van der Waals surface area (Å²) in [5.74, 6) is -1.50. The molecule has 1 aliphatic heterocycles. The van der Waals surface area contributed by atoms with Crippen LogP contribution >= 0.6 is 11.5 Å². The van der Waals surface area contributed by atoms with Gasteiger partial charge in [-0.2, -0.15) is 0 Å². The van der Waals surface area contributed by atoms with Crippen molar-refractivity contribution in [2.45, 2.75) is 38.3 Å². The molecule has 7 nitrogen and oxygen atoms in total. The minimum absolute atomic E-state index is 0.0409. The SMILES string of the molecule is CCCc1nnsc1C(=O)N1C[C@H](O)C[C@H]1C(=O)O. The number of aryl methyl sites for hydroxylation is 1. The molecule has 0 aromatic carbocycles. The van der Waals surface area contributed by atoms with Crippen LogP contribution in [-0.4, -0.2) is 55.3 Å². The first-order chi connectivity index (χ1) is 9.04. The van der Waals surface area contributed by atoms with Crippen molar-refractivity contribution in [2.75, 3.05) is 6.54 Å². The molecule has 0 unspecified atom stereocenters. The third-order valence-electron chi connectivity index (χ3n) is 3.06. The van der Waals surface area contributed by atoms with Crippen molar-refractivity contribution in [3.63, 3.8) is 0 Å². The van der Waals surface area contributed by atoms with Crippen LogP contribution in [0.5, 0.6) is 0 Å². The van der Waals surface area contributed by atoms with Crippen LogP contribution in [0.1, 0.15) is 35.1 Å². The second-order valence-electron chi connectivity index (χ2n) is 4.50. The van der Waals surface area contributed by atoms with Crippen LogP contribution in [-0.2, 0) is 11.2 Å². The summed E-state index contributed by atoms with van der Waals surface area (Å²) in [7, 11) is 0. The zero-order valence-corrected chi connectivity index (χ0v) is 11.3. The number of aliphatic hydroxyl groups excluding tert-OH is 1. The number of hydrogen-bond acceptors (Lipinski definition) is 6. The number of carbonyl (C=O) groups excluding carboxylic acids is 1. The molecule has 8 heteroatoms. The van der Waals surface area contributed by atoms with Gasteiger partial charge in [-0.25, -0.2) is 4.79 Å². The van der Waals surface area contributed by atoms with Crippen molar-refractivity contribution in [1.29, 1.82) is 0 Å². The second kappa shape index (κ2) is 5.62. The van der Waals surface area contributed by atoms with E-state index >= 15 is 0 Å². The first kappa shape index (κ1) is 13.9. The molecule has 0 radical (unpaired) electrons. The maximum atomic E-state index is 12.3. The molecule has 2 N–H and O–H groups in total. The van der Waals surface area contributed by atoms with Gasteiger partial charge in [0.1, 0.15) is 10.9 Å². The first-order valence-corrected chi connectivity index (χ1v) is 6.85. The van der Waals surface area contributed by atoms with Gasteiger partial charge in [-0.15, -0.1) is 5.10 Å². The number of aliphatic hydroxyl groups is 1. The Balaban J connectivity index is 2.22. The van der Waals surface area contributed by atoms with Gasteiger partial charge in [0, 0.05) is 13.0 Å². The summed E-state index contributed by atoms with van der Waals surface area (Å²) >= 11 is 0.973. The van der Waals surface area contributed by atoms with Crippen LogP contribution in [0.3, 0.4) is 0 Å². The molecule has 0 bridgehead atoms. The Morgan fingerprint density at radius 2 is 2.26 bits per heavy atom. The number of β-amino-alcohol motifs (C(OH)–C–C–N with tert-alkyl or cyclic N) is 1. The molecule has 2 heterocycles. The highest BCUT2D eigenvalue weighted by Crippen LogP contribution is 2.23. The first-order valence-electron chi connectivity index (χ1n) is 6.07. The van der Waals surface area contributed by atoms with E-state index in [4.69, 9.17) is 5.11 Å². The molecule has 1 fully saturated rings. The molecule has 1 aromatic heterocycles. The zero-order chi connectivity index (χ0) is 14.0. The van der Waals surface area contributed by atoms with Crippen LogP contribution in [0, 0.1) is 0 Å². The fourth-order valence-corrected chi connectivity index (χ4v) is 2.84. The lowest BCUT2D eigenvalue weighted by Gasteiger charge is -2.20. The predicted molar refractivity (Wildman–Crippen MR) is 67.0 cm³/mol. The number of amides is 1. The quantitative estimate of drug-likeness (QED) is 0.816. The average molecular weight is 285 g/mol. The van der Waals surface area contributed by atoms with Crippen LogP contribution in [0.2, 0.25) is 0 Å². The Hall–Kier alpha value is -1.54. The van der Waals surface area contributed by atoms with Crippen molar-refractivity contribution in [1.82, 2.24) is 14.5 Å². The smallest absolute Gasteiger partial charge is 0.326 e. The lowest BCUT2D eigenvalue weighted by molar-refractivity contribution is -0.141. The highest BCUT2D eigenvalue weighted by Gasteiger charge is 2.40. The highest BCUT2D eigenvalue weighted by molar-refractivity contribution is 7.08. The van der Waals surface area contributed by atoms with Gasteiger partial charge in [-0.05, 0) is 18.0 Å². The Kier molecular flexibility index (Phi) is 4.11. The summed E-state index contributed by atoms with van der Waals surface area (Å²) in [5, 5.41) is 22.5. The van der Waals surface area contributed by atoms with Gasteiger partial charge in [-0.1, -0.05) is 17.8 Å². The van der Waals surface area contributed by atoms with E-state index in [-0.39, 0.29) is 13.0 Å². The van der Waals surface area contributed by atoms with Gasteiger partial charge in [0.05, 0.1) is 11.8 Å². The topological polar surface area (TPSA) is 104 Å². The summed E-state index contributed by atoms with van der Waals surface area (Å²) in [6, 6.07) is -0.973. The molecule has 1 aromatic rings. The maximum absolute atomic E-state index is 12.3. The monoisotopic (exact) mass is 285 g/mol. The number of rotatable bonds is 4. The molecule has 0 saturated carbocycles. The van der Waals surface area contributed by atoms with E-state index in [1.165, 1.54) is 4.90 Å². The van der Waals surface area contributed by atoms with Crippen molar-refractivity contribution in [3.8, 4) is 0 Å². The number of carbonyl (C=O) groups is 2. The standard InChI is InChI=1S/C11H15N3O4S/c1-2-3-7-9(19-13-12-7)10(16)14-5-6(15)4-8(14)11(17)18/h6,8,15H,2-5H2,1H3,(H,17,18)/t6-,8+/m1/s1. The van der Waals surface area contributed by atoms with Crippen molar-refractivity contribution in [3.05, 3.63) is 10.6 Å². The lowest BCUT2D eigenvalue weighted by atomic mass is 10.2. The summed E-state index contributed by atoms with van der Waals surface area (Å²) in [4.78, 5) is 25.0. The Morgan fingerprint density at radius 3 is 2.89 bits per heavy atom. The molecule has 1 aliphatic rings. The van der Waals surface area contributed by atoms with E-state index < -0.39 is 24.0 Å². The number of nitrogens with zero attached hydrogens (tertiary/aromatic N) is 3. The number of carboxylic acids is 1. The molecule has 2 rings (SSSR count). The summed E-state index contributed by atoms with van der Waals surface area (Å²) < 4.78 is 3.76. The van der Waals surface area contributed by atoms with Crippen LogP contribution < -0.4 is 0 Å². The van der Waals surface area contributed by atoms with Gasteiger partial charge in [0.2, 0.25) is 0 Å². The fraction of sp³-hybridized carbons (Fsp3) is 0.636. The van der Waals surface area contributed by atoms with Crippen LogP contribution in [0.4, 0.5) is 0 Å². The predicted octanol–water partition coefficient (Wildman–Crippen LogP) is 0.151. The van der Waals surface area contributed by atoms with E-state index in [1.807, 2.05) is 6.92 Å². The average Bonchev–Trinajstić information content (AvgIpc) is 2.95. The minimum Gasteiger partial charge on any atom is -0.480 e. The van der Waals surface area contributed by atoms with Crippen molar-refractivity contribution < 1.29 is 19.8 Å². The number of aromatic nitrogens is 2. The normalized spacial score (nSPS) is 22.7. The highest BCUT2D eigenvalue weighted by atomic mass is 32.1. The van der Waals surface area contributed by atoms with Gasteiger partial charge in [-0.3, -0.25) is 4.79 Å². The third-order valence-corrected chi connectivity index (χ3v) is 3.82. The Morgan fingerprint density at radius 1 is 1.53 bits per heavy atom. The van der Waals surface area contributed by atoms with Crippen molar-refractivity contribution in [2.24, 2.45) is 0 Å². The molecule has 104 valence electrons. The maximum Gasteiger partial charge on any atom is 0.326 e. The zero-order valence-electron chi connectivity index (χ0n) is 10.4. The van der Waals surface area contributed by atoms with Crippen LogP contribution in [0.25, 0.3) is 0 Å². The van der Waals surface area contributed by atoms with E-state index in [0.717, 1.165) is 18.0 Å². The number of hydrogen-bond donors (Lipinski definition) is 2. The third kappa shape index (κ3) is 2.74. The van der Waals surface area contributed by atoms with E-state index in [1.54, 1.807) is 0 Å². The molecule has 2 atom stereocenters. The van der Waals surface area contributed by atoms with Gasteiger partial charge < -0.3 is 15.1 Å². The molecule has 1 saturated heterocycles. The molecule has 0 spiro atoms. The number of aliphatic carboxylic acids is 1. The van der Waals surface area contributed by atoms with Crippen molar-refractivity contribution >= 4 is 23.4 Å². The second-order valence-corrected chi connectivity index (χ2v) is 5.25. The number of likely N-dealkylation sites (tertiary alicyclic amines) is 1. The molecular formula is C11H15N3O4S. The lowest BCUT2D eigenvalue weighted by Crippen LogP contribution is -2.40. The molecular weight excluding hydrogens is 270 g/mol. The molecule has 0 aliphatic carbocycles. The van der Waals surface area contributed by atoms with Gasteiger partial charge in [0.15, 0.2) is 0 Å². The number of carboxylic acid groups (broad SMARTS) is 1. The van der Waals surface area contributed by atoms with Gasteiger partial charge >= 0.3 is 5.97 Å². The van der Waals surface area contributed by atoms with E-state index in [9.17, 15) is 14.7 Å². The Bertz CT molecular complexity index is 490. The summed E-state index contributed by atoms with van der Waals surface area (Å²) in [6.07, 6.45) is 0.735. The Labute approximate surface area is 114 Å². The largest absolute Gasteiger partial charge is 0.480 e. The van der Waals surface area contributed by atoms with Crippen LogP contribution in [0.15, 0.2) is 0 Å². The summed E-state index contributed by atoms with van der Waals surface area (Å²) in [6.45, 7) is 2.01. The van der Waals surface area contributed by atoms with E-state index in [2.05, 4.69) is 9.59 Å². The summed E-state index contributed by atoms with van der Waals surface area (Å²) in [5.41, 5.74) is 0.600. The minimum atomic E-state index is -1.10. The molecule has 19 heavy (non-hydrogen) atoms.